The normalized spacial score (nSPS) is 21.7. The lowest BCUT2D eigenvalue weighted by molar-refractivity contribution is 0.0860. The van der Waals surface area contributed by atoms with Crippen molar-refractivity contribution in [1.82, 2.24) is 15.5 Å². The van der Waals surface area contributed by atoms with Crippen molar-refractivity contribution in [2.45, 2.75) is 50.7 Å². The smallest absolute Gasteiger partial charge is 0.318 e. The summed E-state index contributed by atoms with van der Waals surface area (Å²) in [6, 6.07) is 7.46. The van der Waals surface area contributed by atoms with Crippen LogP contribution in [0.5, 0.6) is 5.75 Å². The van der Waals surface area contributed by atoms with Crippen molar-refractivity contribution in [2.24, 2.45) is 5.92 Å². The molecule has 1 aliphatic carbocycles. The third-order valence-corrected chi connectivity index (χ3v) is 6.44. The number of rotatable bonds is 6. The molecule has 4 rings (SSSR count). The van der Waals surface area contributed by atoms with Gasteiger partial charge >= 0.3 is 17.8 Å². The fourth-order valence-corrected chi connectivity index (χ4v) is 4.38. The van der Waals surface area contributed by atoms with Gasteiger partial charge in [-0.2, -0.15) is 5.26 Å². The summed E-state index contributed by atoms with van der Waals surface area (Å²) in [5.41, 5.74) is 0.421. The fraction of sp³-hybridized carbons (Fsp3) is 0.545. The second-order valence-electron chi connectivity index (χ2n) is 8.32. The molecule has 2 heterocycles. The number of nitrogens with one attached hydrogen (secondary N) is 1. The zero-order valence-electron chi connectivity index (χ0n) is 17.7. The molecule has 2 aromatic rings. The minimum Gasteiger partial charge on any atom is -0.490 e. The van der Waals surface area contributed by atoms with Crippen LogP contribution in [-0.2, 0) is 0 Å². The number of carbonyl (C=O) groups excluding carboxylic acids is 1. The molecule has 0 radical (unpaired) electrons. The lowest BCUT2D eigenvalue weighted by atomic mass is 9.93. The third kappa shape index (κ3) is 5.31. The van der Waals surface area contributed by atoms with Gasteiger partial charge in [-0.1, -0.05) is 16.7 Å². The lowest BCUT2D eigenvalue weighted by Gasteiger charge is -2.29. The molecule has 32 heavy (non-hydrogen) atoms. The number of aliphatic hydroxyl groups is 1. The number of aliphatic hydroxyl groups excluding tert-OH is 1. The fourth-order valence-electron chi connectivity index (χ4n) is 4.17. The number of hydrogen-bond acceptors (Lipinski definition) is 8. The van der Waals surface area contributed by atoms with E-state index in [1.165, 1.54) is 0 Å². The van der Waals surface area contributed by atoms with Crippen molar-refractivity contribution in [3.8, 4) is 11.8 Å². The van der Waals surface area contributed by atoms with Crippen LogP contribution in [-0.4, -0.2) is 53.1 Å². The molecule has 2 N–H and O–H groups in total. The number of nitriles is 1. The molecular formula is C22H26ClN5O4. The van der Waals surface area contributed by atoms with E-state index < -0.39 is 0 Å². The van der Waals surface area contributed by atoms with Crippen LogP contribution in [0.4, 0.5) is 6.01 Å². The highest BCUT2D eigenvalue weighted by molar-refractivity contribution is 6.31. The van der Waals surface area contributed by atoms with Crippen molar-refractivity contribution < 1.29 is 19.1 Å². The van der Waals surface area contributed by atoms with Crippen molar-refractivity contribution in [3.05, 3.63) is 34.7 Å². The van der Waals surface area contributed by atoms with Crippen LogP contribution in [0, 0.1) is 17.2 Å². The summed E-state index contributed by atoms with van der Waals surface area (Å²) in [7, 11) is 0. The number of amides is 1. The molecule has 0 bridgehead atoms. The first-order chi connectivity index (χ1) is 15.6. The maximum Gasteiger partial charge on any atom is 0.318 e. The van der Waals surface area contributed by atoms with Gasteiger partial charge < -0.3 is 24.5 Å². The molecule has 1 aliphatic heterocycles. The van der Waals surface area contributed by atoms with Crippen LogP contribution in [0.1, 0.15) is 54.8 Å². The van der Waals surface area contributed by atoms with Gasteiger partial charge in [-0.25, -0.2) is 0 Å². The van der Waals surface area contributed by atoms with E-state index in [0.29, 0.717) is 28.3 Å². The quantitative estimate of drug-likeness (QED) is 0.675. The molecule has 0 spiro atoms. The SMILES string of the molecule is N#Cc1ccc(OC2CCC(NC(=O)c3nnc(N4CCC(CO)CC4)o3)CC2)cc1Cl. The van der Waals surface area contributed by atoms with Crippen LogP contribution in [0.25, 0.3) is 0 Å². The summed E-state index contributed by atoms with van der Waals surface area (Å²) in [5.74, 6) is 0.556. The molecule has 170 valence electrons. The van der Waals surface area contributed by atoms with E-state index in [-0.39, 0.29) is 30.6 Å². The third-order valence-electron chi connectivity index (χ3n) is 6.13. The Hall–Kier alpha value is -2.83. The average molecular weight is 460 g/mol. The van der Waals surface area contributed by atoms with Crippen molar-refractivity contribution in [2.75, 3.05) is 24.6 Å². The number of carbonyl (C=O) groups is 1. The molecule has 0 atom stereocenters. The Morgan fingerprint density at radius 3 is 2.66 bits per heavy atom. The standard InChI is InChI=1S/C22H26ClN5O4/c23-19-11-18(4-1-15(19)12-24)31-17-5-2-16(3-6-17)25-20(30)21-26-27-22(32-21)28-9-7-14(13-29)8-10-28/h1,4,11,14,16-17,29H,2-3,5-10,13H2,(H,25,30). The number of hydrogen-bond donors (Lipinski definition) is 2. The summed E-state index contributed by atoms with van der Waals surface area (Å²) in [6.07, 6.45) is 4.88. The number of halogens is 1. The largest absolute Gasteiger partial charge is 0.490 e. The summed E-state index contributed by atoms with van der Waals surface area (Å²) < 4.78 is 11.6. The number of piperidine rings is 1. The topological polar surface area (TPSA) is 125 Å². The van der Waals surface area contributed by atoms with E-state index in [2.05, 4.69) is 15.5 Å². The van der Waals surface area contributed by atoms with E-state index in [1.807, 2.05) is 11.0 Å². The zero-order chi connectivity index (χ0) is 22.5. The Bertz CT molecular complexity index is 975. The van der Waals surface area contributed by atoms with Gasteiger partial charge in [0.1, 0.15) is 11.8 Å². The number of benzene rings is 1. The Labute approximate surface area is 191 Å². The van der Waals surface area contributed by atoms with E-state index >= 15 is 0 Å². The first-order valence-corrected chi connectivity index (χ1v) is 11.3. The maximum atomic E-state index is 12.5. The van der Waals surface area contributed by atoms with Crippen molar-refractivity contribution >= 4 is 23.5 Å². The van der Waals surface area contributed by atoms with Gasteiger partial charge in [0.25, 0.3) is 0 Å². The lowest BCUT2D eigenvalue weighted by Crippen LogP contribution is -2.39. The predicted octanol–water partition coefficient (Wildman–Crippen LogP) is 2.92. The molecular weight excluding hydrogens is 434 g/mol. The molecule has 1 amide bonds. The summed E-state index contributed by atoms with van der Waals surface area (Å²) in [5, 5.41) is 29.5. The molecule has 2 aliphatic rings. The van der Waals surface area contributed by atoms with Crippen LogP contribution < -0.4 is 15.0 Å². The van der Waals surface area contributed by atoms with Gasteiger partial charge in [0.05, 0.1) is 16.7 Å². The molecule has 9 nitrogen and oxygen atoms in total. The van der Waals surface area contributed by atoms with Crippen LogP contribution in [0.3, 0.4) is 0 Å². The Morgan fingerprint density at radius 2 is 2.00 bits per heavy atom. The molecule has 1 saturated heterocycles. The second-order valence-corrected chi connectivity index (χ2v) is 8.73. The monoisotopic (exact) mass is 459 g/mol. The van der Waals surface area contributed by atoms with E-state index in [1.54, 1.807) is 18.2 Å². The number of anilines is 1. The predicted molar refractivity (Wildman–Crippen MR) is 117 cm³/mol. The summed E-state index contributed by atoms with van der Waals surface area (Å²) in [4.78, 5) is 14.5. The highest BCUT2D eigenvalue weighted by Gasteiger charge is 2.27. The van der Waals surface area contributed by atoms with Crippen LogP contribution >= 0.6 is 11.6 Å². The van der Waals surface area contributed by atoms with Gasteiger partial charge in [-0.3, -0.25) is 4.79 Å². The number of nitrogens with zero attached hydrogens (tertiary/aromatic N) is 4. The minimum atomic E-state index is -0.364. The summed E-state index contributed by atoms with van der Waals surface area (Å²) in [6.45, 7) is 1.64. The van der Waals surface area contributed by atoms with E-state index in [0.717, 1.165) is 51.6 Å². The van der Waals surface area contributed by atoms with Gasteiger partial charge in [-0.15, -0.1) is 5.10 Å². The maximum absolute atomic E-state index is 12.5. The zero-order valence-corrected chi connectivity index (χ0v) is 18.4. The minimum absolute atomic E-state index is 0.0163. The number of aromatic nitrogens is 2. The highest BCUT2D eigenvalue weighted by atomic mass is 35.5. The first-order valence-electron chi connectivity index (χ1n) is 10.9. The molecule has 1 aromatic heterocycles. The van der Waals surface area contributed by atoms with Gasteiger partial charge in [0.15, 0.2) is 0 Å². The van der Waals surface area contributed by atoms with Crippen LogP contribution in [0.2, 0.25) is 5.02 Å². The van der Waals surface area contributed by atoms with Crippen molar-refractivity contribution in [3.63, 3.8) is 0 Å². The van der Waals surface area contributed by atoms with Crippen molar-refractivity contribution in [1.29, 1.82) is 5.26 Å². The number of ether oxygens (including phenoxy) is 1. The van der Waals surface area contributed by atoms with Gasteiger partial charge in [0.2, 0.25) is 0 Å². The summed E-state index contributed by atoms with van der Waals surface area (Å²) >= 11 is 6.07. The van der Waals surface area contributed by atoms with E-state index in [9.17, 15) is 9.90 Å². The molecule has 1 aromatic carbocycles. The van der Waals surface area contributed by atoms with E-state index in [4.69, 9.17) is 26.0 Å². The molecule has 10 heteroatoms. The molecule has 0 unspecified atom stereocenters. The Kier molecular flexibility index (Phi) is 7.12. The molecule has 1 saturated carbocycles. The highest BCUT2D eigenvalue weighted by Crippen LogP contribution is 2.27. The Balaban J connectivity index is 1.24. The first kappa shape index (κ1) is 22.4. The Morgan fingerprint density at radius 1 is 1.25 bits per heavy atom. The van der Waals surface area contributed by atoms with Gasteiger partial charge in [0, 0.05) is 31.8 Å². The molecule has 2 fully saturated rings. The van der Waals surface area contributed by atoms with Gasteiger partial charge in [-0.05, 0) is 56.6 Å². The second kappa shape index (κ2) is 10.2. The average Bonchev–Trinajstić information content (AvgIpc) is 3.31. The van der Waals surface area contributed by atoms with Crippen LogP contribution in [0.15, 0.2) is 22.6 Å².